The molecule has 0 aliphatic carbocycles. The minimum atomic E-state index is 0.469. The van der Waals surface area contributed by atoms with Crippen LogP contribution >= 0.6 is 15.9 Å². The Morgan fingerprint density at radius 2 is 2.00 bits per heavy atom. The fraction of sp³-hybridized carbons (Fsp3) is 0.133. The van der Waals surface area contributed by atoms with E-state index < -0.39 is 0 Å². The second kappa shape index (κ2) is 5.15. The van der Waals surface area contributed by atoms with Crippen molar-refractivity contribution in [3.8, 4) is 0 Å². The van der Waals surface area contributed by atoms with E-state index >= 15 is 0 Å². The minimum absolute atomic E-state index is 0.469. The van der Waals surface area contributed by atoms with Gasteiger partial charge in [-0.3, -0.25) is 4.98 Å². The van der Waals surface area contributed by atoms with Crippen molar-refractivity contribution in [3.05, 3.63) is 64.5 Å². The molecule has 4 heteroatoms. The lowest BCUT2D eigenvalue weighted by Crippen LogP contribution is -2.07. The van der Waals surface area contributed by atoms with Gasteiger partial charge < -0.3 is 10.3 Å². The molecule has 0 aliphatic rings. The van der Waals surface area contributed by atoms with Gasteiger partial charge in [0.2, 0.25) is 0 Å². The first kappa shape index (κ1) is 12.4. The lowest BCUT2D eigenvalue weighted by Gasteiger charge is -2.09. The number of para-hydroxylation sites is 1. The first-order valence-corrected chi connectivity index (χ1v) is 6.95. The fourth-order valence-corrected chi connectivity index (χ4v) is 2.90. The van der Waals surface area contributed by atoms with E-state index in [-0.39, 0.29) is 0 Å². The predicted octanol–water partition coefficient (Wildman–Crippen LogP) is 3.31. The normalized spacial score (nSPS) is 11.1. The third kappa shape index (κ3) is 2.29. The van der Waals surface area contributed by atoms with E-state index in [0.29, 0.717) is 6.54 Å². The van der Waals surface area contributed by atoms with E-state index in [0.717, 1.165) is 16.7 Å². The highest BCUT2D eigenvalue weighted by atomic mass is 79.9. The van der Waals surface area contributed by atoms with Crippen molar-refractivity contribution in [1.29, 1.82) is 0 Å². The molecule has 0 amide bonds. The van der Waals surface area contributed by atoms with Gasteiger partial charge in [0.15, 0.2) is 0 Å². The van der Waals surface area contributed by atoms with Crippen LogP contribution in [0.5, 0.6) is 0 Å². The Hall–Kier alpha value is -1.65. The van der Waals surface area contributed by atoms with Gasteiger partial charge >= 0.3 is 0 Å². The van der Waals surface area contributed by atoms with Crippen LogP contribution in [0.4, 0.5) is 0 Å². The topological polar surface area (TPSA) is 43.8 Å². The molecule has 2 aromatic heterocycles. The number of pyridine rings is 1. The summed E-state index contributed by atoms with van der Waals surface area (Å²) in [4.78, 5) is 4.33. The van der Waals surface area contributed by atoms with Gasteiger partial charge in [0.25, 0.3) is 0 Å². The smallest absolute Gasteiger partial charge is 0.0589 e. The highest BCUT2D eigenvalue weighted by Crippen LogP contribution is 2.26. The van der Waals surface area contributed by atoms with E-state index in [4.69, 9.17) is 5.73 Å². The Labute approximate surface area is 120 Å². The second-order valence-electron chi connectivity index (χ2n) is 4.44. The quantitative estimate of drug-likeness (QED) is 0.806. The first-order chi connectivity index (χ1) is 9.29. The average Bonchev–Trinajstić information content (AvgIpc) is 2.77. The molecule has 1 aromatic carbocycles. The molecule has 0 saturated carbocycles. The van der Waals surface area contributed by atoms with Gasteiger partial charge in [0.05, 0.1) is 5.69 Å². The predicted molar refractivity (Wildman–Crippen MR) is 80.9 cm³/mol. The maximum atomic E-state index is 5.74. The Balaban J connectivity index is 2.06. The average molecular weight is 316 g/mol. The van der Waals surface area contributed by atoms with Crippen molar-refractivity contribution < 1.29 is 0 Å². The van der Waals surface area contributed by atoms with Crippen molar-refractivity contribution >= 4 is 26.8 Å². The van der Waals surface area contributed by atoms with Crippen molar-refractivity contribution in [1.82, 2.24) is 9.55 Å². The largest absolute Gasteiger partial charge is 0.342 e. The molecule has 0 saturated heterocycles. The zero-order valence-electron chi connectivity index (χ0n) is 10.4. The number of fused-ring (bicyclic) bond motifs is 1. The van der Waals surface area contributed by atoms with Crippen LogP contribution in [0.15, 0.2) is 53.3 Å². The summed E-state index contributed by atoms with van der Waals surface area (Å²) in [6.45, 7) is 1.25. The zero-order chi connectivity index (χ0) is 13.2. The lowest BCUT2D eigenvalue weighted by molar-refractivity contribution is 0.804. The maximum Gasteiger partial charge on any atom is 0.0589 e. The van der Waals surface area contributed by atoms with E-state index in [1.54, 1.807) is 6.20 Å². The zero-order valence-corrected chi connectivity index (χ0v) is 12.0. The van der Waals surface area contributed by atoms with Crippen LogP contribution in [-0.4, -0.2) is 9.55 Å². The minimum Gasteiger partial charge on any atom is -0.342 e. The molecule has 0 spiro atoms. The van der Waals surface area contributed by atoms with Gasteiger partial charge in [-0.15, -0.1) is 0 Å². The molecule has 0 fully saturated rings. The molecule has 2 heterocycles. The molecule has 3 rings (SSSR count). The standard InChI is InChI=1S/C15H14BrN3/c16-13-10-19(15-6-2-1-5-12(13)15)9-11-4-3-7-18-14(11)8-17/h1-7,10H,8-9,17H2. The Morgan fingerprint density at radius 3 is 2.84 bits per heavy atom. The molecule has 0 atom stereocenters. The summed E-state index contributed by atoms with van der Waals surface area (Å²) in [5.74, 6) is 0. The van der Waals surface area contributed by atoms with Gasteiger partial charge in [-0.2, -0.15) is 0 Å². The van der Waals surface area contributed by atoms with Crippen LogP contribution in [0.3, 0.4) is 0 Å². The molecule has 3 nitrogen and oxygen atoms in total. The van der Waals surface area contributed by atoms with E-state index in [1.165, 1.54) is 16.5 Å². The van der Waals surface area contributed by atoms with E-state index in [2.05, 4.69) is 55.9 Å². The van der Waals surface area contributed by atoms with Crippen molar-refractivity contribution in [2.75, 3.05) is 0 Å². The highest BCUT2D eigenvalue weighted by Gasteiger charge is 2.08. The second-order valence-corrected chi connectivity index (χ2v) is 5.29. The summed E-state index contributed by atoms with van der Waals surface area (Å²) in [5, 5.41) is 1.22. The van der Waals surface area contributed by atoms with Crippen molar-refractivity contribution in [3.63, 3.8) is 0 Å². The molecular formula is C15H14BrN3. The van der Waals surface area contributed by atoms with Gasteiger partial charge in [-0.1, -0.05) is 24.3 Å². The summed E-state index contributed by atoms with van der Waals surface area (Å²) in [6, 6.07) is 12.4. The molecule has 0 aliphatic heterocycles. The van der Waals surface area contributed by atoms with E-state index in [1.807, 2.05) is 12.1 Å². The summed E-state index contributed by atoms with van der Waals surface area (Å²) >= 11 is 3.61. The number of benzene rings is 1. The summed E-state index contributed by atoms with van der Waals surface area (Å²) < 4.78 is 3.33. The van der Waals surface area contributed by atoms with Gasteiger partial charge in [0, 0.05) is 40.9 Å². The molecule has 0 bridgehead atoms. The third-order valence-corrected chi connectivity index (χ3v) is 3.89. The van der Waals surface area contributed by atoms with Crippen molar-refractivity contribution in [2.45, 2.75) is 13.1 Å². The van der Waals surface area contributed by atoms with Gasteiger partial charge in [-0.05, 0) is 33.6 Å². The lowest BCUT2D eigenvalue weighted by atomic mass is 10.2. The van der Waals surface area contributed by atoms with Gasteiger partial charge in [0.1, 0.15) is 0 Å². The van der Waals surface area contributed by atoms with Crippen LogP contribution in [0.25, 0.3) is 10.9 Å². The van der Waals surface area contributed by atoms with E-state index in [9.17, 15) is 0 Å². The Bertz CT molecular complexity index is 718. The van der Waals surface area contributed by atoms with Crippen molar-refractivity contribution in [2.24, 2.45) is 5.73 Å². The maximum absolute atomic E-state index is 5.74. The molecule has 0 unspecified atom stereocenters. The molecule has 0 radical (unpaired) electrons. The highest BCUT2D eigenvalue weighted by molar-refractivity contribution is 9.10. The number of hydrogen-bond acceptors (Lipinski definition) is 2. The summed E-state index contributed by atoms with van der Waals surface area (Å²) in [5.41, 5.74) is 9.07. The monoisotopic (exact) mass is 315 g/mol. The number of nitrogens with two attached hydrogens (primary N) is 1. The molecule has 96 valence electrons. The molecular weight excluding hydrogens is 302 g/mol. The molecule has 2 N–H and O–H groups in total. The number of rotatable bonds is 3. The third-order valence-electron chi connectivity index (χ3n) is 3.26. The van der Waals surface area contributed by atoms with Crippen LogP contribution in [0, 0.1) is 0 Å². The Morgan fingerprint density at radius 1 is 1.16 bits per heavy atom. The SMILES string of the molecule is NCc1ncccc1Cn1cc(Br)c2ccccc21. The number of halogens is 1. The van der Waals surface area contributed by atoms with Crippen LogP contribution < -0.4 is 5.73 Å². The van der Waals surface area contributed by atoms with Gasteiger partial charge in [-0.25, -0.2) is 0 Å². The first-order valence-electron chi connectivity index (χ1n) is 6.16. The molecule has 19 heavy (non-hydrogen) atoms. The Kier molecular flexibility index (Phi) is 3.36. The number of nitrogens with zero attached hydrogens (tertiary/aromatic N) is 2. The fourth-order valence-electron chi connectivity index (χ4n) is 2.32. The van der Waals surface area contributed by atoms with Crippen LogP contribution in [-0.2, 0) is 13.1 Å². The van der Waals surface area contributed by atoms with Crippen LogP contribution in [0.1, 0.15) is 11.3 Å². The molecule has 3 aromatic rings. The number of hydrogen-bond donors (Lipinski definition) is 1. The number of aromatic nitrogens is 2. The summed E-state index contributed by atoms with van der Waals surface area (Å²) in [6.07, 6.45) is 3.90. The van der Waals surface area contributed by atoms with Crippen LogP contribution in [0.2, 0.25) is 0 Å². The summed E-state index contributed by atoms with van der Waals surface area (Å²) in [7, 11) is 0.